The third kappa shape index (κ3) is 1.99. The van der Waals surface area contributed by atoms with Gasteiger partial charge < -0.3 is 10.5 Å². The highest BCUT2D eigenvalue weighted by Gasteiger charge is 2.04. The van der Waals surface area contributed by atoms with E-state index in [1.54, 1.807) is 0 Å². The molecule has 2 N–H and O–H groups in total. The molecule has 0 atom stereocenters. The fourth-order valence-corrected chi connectivity index (χ4v) is 1.85. The van der Waals surface area contributed by atoms with Crippen LogP contribution in [0, 0.1) is 6.92 Å². The molecule has 1 aromatic carbocycles. The fourth-order valence-electron chi connectivity index (χ4n) is 1.85. The van der Waals surface area contributed by atoms with E-state index in [2.05, 4.69) is 4.98 Å². The molecule has 0 unspecified atom stereocenters. The number of aromatic nitrogens is 1. The van der Waals surface area contributed by atoms with Gasteiger partial charge in [-0.2, -0.15) is 0 Å². The molecular weight excluding hydrogens is 200 g/mol. The van der Waals surface area contributed by atoms with Gasteiger partial charge in [0.2, 0.25) is 0 Å². The minimum absolute atomic E-state index is 0.523. The molecule has 0 saturated heterocycles. The number of aryl methyl sites for hydroxylation is 1. The van der Waals surface area contributed by atoms with Crippen molar-refractivity contribution < 1.29 is 4.74 Å². The van der Waals surface area contributed by atoms with E-state index in [0.29, 0.717) is 13.2 Å². The molecule has 0 amide bonds. The van der Waals surface area contributed by atoms with Gasteiger partial charge in [-0.3, -0.25) is 4.98 Å². The molecule has 1 heterocycles. The van der Waals surface area contributed by atoms with E-state index in [0.717, 1.165) is 27.9 Å². The lowest BCUT2D eigenvalue weighted by molar-refractivity contribution is 0.340. The molecule has 0 spiro atoms. The number of nitrogens with zero attached hydrogens (tertiary/aromatic N) is 1. The molecule has 0 radical (unpaired) electrons. The third-order valence-corrected chi connectivity index (χ3v) is 2.52. The first-order chi connectivity index (χ1) is 7.74. The van der Waals surface area contributed by atoms with Crippen molar-refractivity contribution in [3.05, 3.63) is 35.5 Å². The first-order valence-electron chi connectivity index (χ1n) is 5.47. The Morgan fingerprint density at radius 3 is 2.81 bits per heavy atom. The van der Waals surface area contributed by atoms with Gasteiger partial charge in [0.05, 0.1) is 12.1 Å². The van der Waals surface area contributed by atoms with E-state index in [9.17, 15) is 0 Å². The lowest BCUT2D eigenvalue weighted by Crippen LogP contribution is -2.00. The average Bonchev–Trinajstić information content (AvgIpc) is 2.29. The van der Waals surface area contributed by atoms with Crippen LogP contribution in [-0.4, -0.2) is 11.6 Å². The SMILES string of the molecule is CCOc1ccc2nc(C)cc(CN)c2c1. The van der Waals surface area contributed by atoms with Crippen LogP contribution in [0.25, 0.3) is 10.9 Å². The highest BCUT2D eigenvalue weighted by molar-refractivity contribution is 5.83. The van der Waals surface area contributed by atoms with Crippen molar-refractivity contribution in [1.82, 2.24) is 4.98 Å². The van der Waals surface area contributed by atoms with Crippen LogP contribution in [0.2, 0.25) is 0 Å². The Kier molecular flexibility index (Phi) is 3.06. The summed E-state index contributed by atoms with van der Waals surface area (Å²) >= 11 is 0. The molecule has 0 aliphatic heterocycles. The molecular formula is C13H16N2O. The molecule has 3 nitrogen and oxygen atoms in total. The van der Waals surface area contributed by atoms with E-state index < -0.39 is 0 Å². The zero-order valence-electron chi connectivity index (χ0n) is 9.66. The van der Waals surface area contributed by atoms with Crippen LogP contribution in [-0.2, 0) is 6.54 Å². The molecule has 1 aromatic heterocycles. The number of fused-ring (bicyclic) bond motifs is 1. The van der Waals surface area contributed by atoms with E-state index in [-0.39, 0.29) is 0 Å². The number of ether oxygens (including phenoxy) is 1. The van der Waals surface area contributed by atoms with E-state index in [1.807, 2.05) is 38.1 Å². The van der Waals surface area contributed by atoms with Gasteiger partial charge in [-0.15, -0.1) is 0 Å². The van der Waals surface area contributed by atoms with Crippen LogP contribution < -0.4 is 10.5 Å². The average molecular weight is 216 g/mol. The van der Waals surface area contributed by atoms with Crippen molar-refractivity contribution in [2.75, 3.05) is 6.61 Å². The first kappa shape index (κ1) is 10.9. The van der Waals surface area contributed by atoms with E-state index in [4.69, 9.17) is 10.5 Å². The summed E-state index contributed by atoms with van der Waals surface area (Å²) in [6.45, 7) is 5.15. The Morgan fingerprint density at radius 1 is 1.31 bits per heavy atom. The maximum atomic E-state index is 5.74. The highest BCUT2D eigenvalue weighted by atomic mass is 16.5. The van der Waals surface area contributed by atoms with Crippen LogP contribution in [0.4, 0.5) is 0 Å². The Morgan fingerprint density at radius 2 is 2.12 bits per heavy atom. The maximum Gasteiger partial charge on any atom is 0.120 e. The second kappa shape index (κ2) is 4.49. The Balaban J connectivity index is 2.61. The molecule has 0 bridgehead atoms. The summed E-state index contributed by atoms with van der Waals surface area (Å²) in [5.41, 5.74) is 8.83. The molecule has 3 heteroatoms. The molecule has 0 aliphatic carbocycles. The van der Waals surface area contributed by atoms with Crippen molar-refractivity contribution in [3.63, 3.8) is 0 Å². The second-order valence-electron chi connectivity index (χ2n) is 3.74. The zero-order chi connectivity index (χ0) is 11.5. The van der Waals surface area contributed by atoms with Crippen molar-refractivity contribution in [3.8, 4) is 5.75 Å². The number of benzene rings is 1. The molecule has 0 aliphatic rings. The topological polar surface area (TPSA) is 48.1 Å². The largest absolute Gasteiger partial charge is 0.494 e. The quantitative estimate of drug-likeness (QED) is 0.857. The summed E-state index contributed by atoms with van der Waals surface area (Å²) in [6, 6.07) is 7.95. The van der Waals surface area contributed by atoms with Crippen LogP contribution in [0.15, 0.2) is 24.3 Å². The Hall–Kier alpha value is -1.61. The highest BCUT2D eigenvalue weighted by Crippen LogP contribution is 2.23. The molecule has 16 heavy (non-hydrogen) atoms. The molecule has 2 aromatic rings. The molecule has 84 valence electrons. The standard InChI is InChI=1S/C13H16N2O/c1-3-16-11-4-5-13-12(7-11)10(8-14)6-9(2)15-13/h4-7H,3,8,14H2,1-2H3. The van der Waals surface area contributed by atoms with E-state index >= 15 is 0 Å². The number of rotatable bonds is 3. The predicted octanol–water partition coefficient (Wildman–Crippen LogP) is 2.40. The van der Waals surface area contributed by atoms with Crippen molar-refractivity contribution >= 4 is 10.9 Å². The summed E-state index contributed by atoms with van der Waals surface area (Å²) < 4.78 is 5.48. The van der Waals surface area contributed by atoms with Gasteiger partial charge in [-0.05, 0) is 43.7 Å². The monoisotopic (exact) mass is 216 g/mol. The van der Waals surface area contributed by atoms with Crippen molar-refractivity contribution in [2.45, 2.75) is 20.4 Å². The number of hydrogen-bond donors (Lipinski definition) is 1. The van der Waals surface area contributed by atoms with Crippen LogP contribution >= 0.6 is 0 Å². The smallest absolute Gasteiger partial charge is 0.120 e. The molecule has 0 fully saturated rings. The lowest BCUT2D eigenvalue weighted by Gasteiger charge is -2.08. The van der Waals surface area contributed by atoms with Crippen molar-refractivity contribution in [2.24, 2.45) is 5.73 Å². The van der Waals surface area contributed by atoms with E-state index in [1.165, 1.54) is 0 Å². The number of nitrogens with two attached hydrogens (primary N) is 1. The summed E-state index contributed by atoms with van der Waals surface area (Å²) in [5, 5.41) is 1.08. The van der Waals surface area contributed by atoms with Gasteiger partial charge in [0.25, 0.3) is 0 Å². The molecule has 0 saturated carbocycles. The zero-order valence-corrected chi connectivity index (χ0v) is 9.66. The summed E-state index contributed by atoms with van der Waals surface area (Å²) in [4.78, 5) is 4.47. The molecule has 2 rings (SSSR count). The van der Waals surface area contributed by atoms with Gasteiger partial charge in [0.15, 0.2) is 0 Å². The van der Waals surface area contributed by atoms with Crippen LogP contribution in [0.3, 0.4) is 0 Å². The number of pyridine rings is 1. The van der Waals surface area contributed by atoms with Gasteiger partial charge in [-0.1, -0.05) is 0 Å². The van der Waals surface area contributed by atoms with Crippen LogP contribution in [0.1, 0.15) is 18.2 Å². The maximum absolute atomic E-state index is 5.74. The normalized spacial score (nSPS) is 10.7. The second-order valence-corrected chi connectivity index (χ2v) is 3.74. The van der Waals surface area contributed by atoms with Gasteiger partial charge in [0, 0.05) is 17.6 Å². The third-order valence-electron chi connectivity index (χ3n) is 2.52. The lowest BCUT2D eigenvalue weighted by atomic mass is 10.1. The number of hydrogen-bond acceptors (Lipinski definition) is 3. The summed E-state index contributed by atoms with van der Waals surface area (Å²) in [7, 11) is 0. The van der Waals surface area contributed by atoms with Gasteiger partial charge >= 0.3 is 0 Å². The van der Waals surface area contributed by atoms with Gasteiger partial charge in [-0.25, -0.2) is 0 Å². The Labute approximate surface area is 95.2 Å². The summed E-state index contributed by atoms with van der Waals surface area (Å²) in [6.07, 6.45) is 0. The fraction of sp³-hybridized carbons (Fsp3) is 0.308. The minimum Gasteiger partial charge on any atom is -0.494 e. The predicted molar refractivity (Wildman–Crippen MR) is 65.5 cm³/mol. The Bertz CT molecular complexity index is 509. The van der Waals surface area contributed by atoms with Gasteiger partial charge in [0.1, 0.15) is 5.75 Å². The van der Waals surface area contributed by atoms with Crippen molar-refractivity contribution in [1.29, 1.82) is 0 Å². The summed E-state index contributed by atoms with van der Waals surface area (Å²) in [5.74, 6) is 0.871. The first-order valence-corrected chi connectivity index (χ1v) is 5.47. The van der Waals surface area contributed by atoms with Crippen LogP contribution in [0.5, 0.6) is 5.75 Å². The minimum atomic E-state index is 0.523.